The number of nitrogens with zero attached hydrogens (tertiary/aromatic N) is 1. The molecular weight excluding hydrogens is 244 g/mol. The van der Waals surface area contributed by atoms with E-state index in [2.05, 4.69) is 19.2 Å². The molecule has 0 spiro atoms. The van der Waals surface area contributed by atoms with Crippen LogP contribution in [0, 0.1) is 16.0 Å². The molecular formula is C14H22N2O3. The van der Waals surface area contributed by atoms with Gasteiger partial charge in [0.2, 0.25) is 0 Å². The van der Waals surface area contributed by atoms with Crippen LogP contribution in [0.15, 0.2) is 24.3 Å². The molecule has 1 rings (SSSR count). The molecule has 0 aliphatic heterocycles. The van der Waals surface area contributed by atoms with Crippen LogP contribution in [-0.2, 0) is 11.3 Å². The summed E-state index contributed by atoms with van der Waals surface area (Å²) in [6.07, 6.45) is 0. The van der Waals surface area contributed by atoms with Gasteiger partial charge in [0.25, 0.3) is 5.69 Å². The zero-order valence-electron chi connectivity index (χ0n) is 11.8. The fourth-order valence-electron chi connectivity index (χ4n) is 1.81. The molecule has 0 fully saturated rings. The summed E-state index contributed by atoms with van der Waals surface area (Å²) in [6, 6.07) is 7.01. The molecule has 106 valence electrons. The predicted molar refractivity (Wildman–Crippen MR) is 75.1 cm³/mol. The summed E-state index contributed by atoms with van der Waals surface area (Å²) in [4.78, 5) is 10.6. The van der Waals surface area contributed by atoms with Crippen molar-refractivity contribution in [2.75, 3.05) is 13.2 Å². The van der Waals surface area contributed by atoms with Crippen LogP contribution in [0.2, 0.25) is 0 Å². The fraction of sp³-hybridized carbons (Fsp3) is 0.571. The van der Waals surface area contributed by atoms with Crippen LogP contribution >= 0.6 is 0 Å². The third kappa shape index (κ3) is 4.96. The van der Waals surface area contributed by atoms with E-state index in [1.54, 1.807) is 12.1 Å². The van der Waals surface area contributed by atoms with Crippen LogP contribution in [0.4, 0.5) is 5.69 Å². The molecule has 1 unspecified atom stereocenters. The van der Waals surface area contributed by atoms with Gasteiger partial charge in [-0.25, -0.2) is 0 Å². The second kappa shape index (κ2) is 7.86. The minimum atomic E-state index is -0.343. The topological polar surface area (TPSA) is 64.4 Å². The van der Waals surface area contributed by atoms with Crippen molar-refractivity contribution >= 4 is 5.69 Å². The van der Waals surface area contributed by atoms with Crippen LogP contribution in [0.5, 0.6) is 0 Å². The highest BCUT2D eigenvalue weighted by molar-refractivity contribution is 5.39. The van der Waals surface area contributed by atoms with E-state index in [0.717, 1.165) is 0 Å². The number of benzene rings is 1. The zero-order valence-corrected chi connectivity index (χ0v) is 11.8. The molecule has 19 heavy (non-hydrogen) atoms. The smallest absolute Gasteiger partial charge is 0.273 e. The highest BCUT2D eigenvalue weighted by atomic mass is 16.6. The number of nitro groups is 1. The van der Waals surface area contributed by atoms with Gasteiger partial charge < -0.3 is 10.1 Å². The molecule has 1 aromatic carbocycles. The quantitative estimate of drug-likeness (QED) is 0.580. The molecule has 0 radical (unpaired) electrons. The molecule has 0 amide bonds. The molecule has 0 aliphatic rings. The number of rotatable bonds is 8. The summed E-state index contributed by atoms with van der Waals surface area (Å²) in [5.74, 6) is 0.411. The van der Waals surface area contributed by atoms with E-state index >= 15 is 0 Å². The van der Waals surface area contributed by atoms with Gasteiger partial charge in [0.15, 0.2) is 0 Å². The fourth-order valence-corrected chi connectivity index (χ4v) is 1.81. The molecule has 1 aromatic rings. The summed E-state index contributed by atoms with van der Waals surface area (Å²) in [5.41, 5.74) is 0.864. The van der Waals surface area contributed by atoms with Crippen LogP contribution in [0.1, 0.15) is 26.3 Å². The Morgan fingerprint density at radius 1 is 1.37 bits per heavy atom. The van der Waals surface area contributed by atoms with Crippen molar-refractivity contribution < 1.29 is 9.66 Å². The summed E-state index contributed by atoms with van der Waals surface area (Å²) >= 11 is 0. The van der Waals surface area contributed by atoms with Gasteiger partial charge in [-0.3, -0.25) is 10.1 Å². The lowest BCUT2D eigenvalue weighted by Gasteiger charge is -2.22. The summed E-state index contributed by atoms with van der Waals surface area (Å²) in [6.45, 7) is 7.95. The van der Waals surface area contributed by atoms with Crippen molar-refractivity contribution in [3.8, 4) is 0 Å². The Morgan fingerprint density at radius 3 is 2.63 bits per heavy atom. The number of para-hydroxylation sites is 1. The Labute approximate surface area is 114 Å². The Morgan fingerprint density at radius 2 is 2.05 bits per heavy atom. The Kier molecular flexibility index (Phi) is 6.45. The van der Waals surface area contributed by atoms with Gasteiger partial charge in [-0.1, -0.05) is 32.0 Å². The minimum Gasteiger partial charge on any atom is -0.380 e. The number of ether oxygens (including phenoxy) is 1. The first-order valence-corrected chi connectivity index (χ1v) is 6.59. The first-order chi connectivity index (χ1) is 9.06. The summed E-state index contributed by atoms with van der Waals surface area (Å²) in [7, 11) is 0. The van der Waals surface area contributed by atoms with Gasteiger partial charge in [-0.05, 0) is 12.8 Å². The number of nitro benzene ring substituents is 1. The Hall–Kier alpha value is -1.46. The molecule has 5 heteroatoms. The van der Waals surface area contributed by atoms with Gasteiger partial charge in [-0.15, -0.1) is 0 Å². The lowest BCUT2D eigenvalue weighted by molar-refractivity contribution is -0.385. The highest BCUT2D eigenvalue weighted by Crippen LogP contribution is 2.17. The SMILES string of the molecule is CCOCC(NCc1ccccc1[N+](=O)[O-])C(C)C. The maximum absolute atomic E-state index is 10.9. The maximum atomic E-state index is 10.9. The lowest BCUT2D eigenvalue weighted by atomic mass is 10.0. The average Bonchev–Trinajstić information content (AvgIpc) is 2.38. The van der Waals surface area contributed by atoms with Crippen molar-refractivity contribution in [1.29, 1.82) is 0 Å². The molecule has 5 nitrogen and oxygen atoms in total. The van der Waals surface area contributed by atoms with Crippen molar-refractivity contribution in [1.82, 2.24) is 5.32 Å². The number of nitrogens with one attached hydrogen (secondary N) is 1. The van der Waals surface area contributed by atoms with Gasteiger partial charge in [-0.2, -0.15) is 0 Å². The van der Waals surface area contributed by atoms with E-state index in [0.29, 0.717) is 31.2 Å². The number of hydrogen-bond donors (Lipinski definition) is 1. The molecule has 0 bridgehead atoms. The third-order valence-corrected chi connectivity index (χ3v) is 3.05. The standard InChI is InChI=1S/C14H22N2O3/c1-4-19-10-13(11(2)3)15-9-12-7-5-6-8-14(12)16(17)18/h5-8,11,13,15H,4,9-10H2,1-3H3. The highest BCUT2D eigenvalue weighted by Gasteiger charge is 2.16. The van der Waals surface area contributed by atoms with E-state index in [1.165, 1.54) is 6.07 Å². The predicted octanol–water partition coefficient (Wildman–Crippen LogP) is 2.75. The second-order valence-corrected chi connectivity index (χ2v) is 4.78. The van der Waals surface area contributed by atoms with Crippen molar-refractivity contribution in [2.24, 2.45) is 5.92 Å². The summed E-state index contributed by atoms with van der Waals surface area (Å²) in [5, 5.41) is 14.3. The maximum Gasteiger partial charge on any atom is 0.273 e. The first kappa shape index (κ1) is 15.6. The molecule has 0 heterocycles. The van der Waals surface area contributed by atoms with Crippen LogP contribution in [0.25, 0.3) is 0 Å². The van der Waals surface area contributed by atoms with Crippen LogP contribution in [0.3, 0.4) is 0 Å². The van der Waals surface area contributed by atoms with E-state index in [9.17, 15) is 10.1 Å². The normalized spacial score (nSPS) is 12.6. The third-order valence-electron chi connectivity index (χ3n) is 3.05. The van der Waals surface area contributed by atoms with E-state index < -0.39 is 0 Å². The number of hydrogen-bond acceptors (Lipinski definition) is 4. The van der Waals surface area contributed by atoms with Crippen molar-refractivity contribution in [3.05, 3.63) is 39.9 Å². The van der Waals surface area contributed by atoms with Crippen molar-refractivity contribution in [2.45, 2.75) is 33.4 Å². The van der Waals surface area contributed by atoms with Gasteiger partial charge in [0.1, 0.15) is 0 Å². The van der Waals surface area contributed by atoms with E-state index in [-0.39, 0.29) is 16.7 Å². The molecule has 0 aliphatic carbocycles. The molecule has 0 saturated carbocycles. The van der Waals surface area contributed by atoms with E-state index in [1.807, 2.05) is 13.0 Å². The molecule has 1 N–H and O–H groups in total. The molecule has 0 saturated heterocycles. The first-order valence-electron chi connectivity index (χ1n) is 6.59. The Bertz CT molecular complexity index is 407. The summed E-state index contributed by atoms with van der Waals surface area (Å²) < 4.78 is 5.43. The average molecular weight is 266 g/mol. The van der Waals surface area contributed by atoms with E-state index in [4.69, 9.17) is 4.74 Å². The lowest BCUT2D eigenvalue weighted by Crippen LogP contribution is -2.37. The monoisotopic (exact) mass is 266 g/mol. The van der Waals surface area contributed by atoms with Crippen LogP contribution in [-0.4, -0.2) is 24.2 Å². The molecule has 0 aromatic heterocycles. The minimum absolute atomic E-state index is 0.161. The van der Waals surface area contributed by atoms with Gasteiger partial charge in [0, 0.05) is 30.8 Å². The van der Waals surface area contributed by atoms with Gasteiger partial charge in [0.05, 0.1) is 11.5 Å². The second-order valence-electron chi connectivity index (χ2n) is 4.78. The largest absolute Gasteiger partial charge is 0.380 e. The Balaban J connectivity index is 2.66. The van der Waals surface area contributed by atoms with Crippen molar-refractivity contribution in [3.63, 3.8) is 0 Å². The van der Waals surface area contributed by atoms with Gasteiger partial charge >= 0.3 is 0 Å². The zero-order chi connectivity index (χ0) is 14.3. The molecule has 1 atom stereocenters. The van der Waals surface area contributed by atoms with Crippen LogP contribution < -0.4 is 5.32 Å².